The van der Waals surface area contributed by atoms with Gasteiger partial charge in [-0.1, -0.05) is 0 Å². The van der Waals surface area contributed by atoms with Crippen molar-refractivity contribution in [3.63, 3.8) is 0 Å². The molecule has 0 aromatic carbocycles. The molecular weight excluding hydrogens is 338 g/mol. The molecule has 2 N–H and O–H groups in total. The molecule has 3 rings (SSSR count). The van der Waals surface area contributed by atoms with Crippen LogP contribution in [-0.4, -0.2) is 58.7 Å². The first-order valence-corrected chi connectivity index (χ1v) is 9.42. The lowest BCUT2D eigenvalue weighted by Gasteiger charge is -2.34. The number of likely N-dealkylation sites (tertiary alicyclic amines) is 1. The van der Waals surface area contributed by atoms with Gasteiger partial charge in [0, 0.05) is 31.6 Å². The Balaban J connectivity index is 1.66. The van der Waals surface area contributed by atoms with Crippen molar-refractivity contribution in [2.75, 3.05) is 20.1 Å². The van der Waals surface area contributed by atoms with Gasteiger partial charge in [0.25, 0.3) is 5.91 Å². The van der Waals surface area contributed by atoms with Gasteiger partial charge in [-0.25, -0.2) is 0 Å². The SMILES string of the molecule is CNC1CCCN(C(=O)C(C)NC(=O)c2cc3c(C)nn(C)c3s2)C1. The molecule has 136 valence electrons. The van der Waals surface area contributed by atoms with Crippen molar-refractivity contribution >= 4 is 33.4 Å². The Morgan fingerprint density at radius 3 is 2.88 bits per heavy atom. The maximum atomic E-state index is 12.6. The van der Waals surface area contributed by atoms with Crippen LogP contribution in [0.2, 0.25) is 0 Å². The Morgan fingerprint density at radius 2 is 2.20 bits per heavy atom. The summed E-state index contributed by atoms with van der Waals surface area (Å²) < 4.78 is 1.78. The van der Waals surface area contributed by atoms with E-state index in [0.717, 1.165) is 35.3 Å². The molecule has 2 amide bonds. The Hall–Kier alpha value is -1.93. The van der Waals surface area contributed by atoms with Gasteiger partial charge in [0.1, 0.15) is 10.9 Å². The maximum absolute atomic E-state index is 12.6. The number of carbonyl (C=O) groups is 2. The van der Waals surface area contributed by atoms with E-state index in [4.69, 9.17) is 0 Å². The van der Waals surface area contributed by atoms with Crippen LogP contribution in [0.4, 0.5) is 0 Å². The standard InChI is InChI=1S/C17H25N5O2S/c1-10-13-8-14(25-17(13)21(4)20-10)15(23)19-11(2)16(24)22-7-5-6-12(9-22)18-3/h8,11-12,18H,5-7,9H2,1-4H3,(H,19,23). The van der Waals surface area contributed by atoms with Crippen molar-refractivity contribution in [2.24, 2.45) is 7.05 Å². The molecule has 7 nitrogen and oxygen atoms in total. The van der Waals surface area contributed by atoms with Crippen molar-refractivity contribution in [1.82, 2.24) is 25.3 Å². The van der Waals surface area contributed by atoms with Gasteiger partial charge in [0.05, 0.1) is 10.6 Å². The van der Waals surface area contributed by atoms with Gasteiger partial charge in [-0.3, -0.25) is 14.3 Å². The number of amides is 2. The van der Waals surface area contributed by atoms with Crippen LogP contribution in [0.5, 0.6) is 0 Å². The van der Waals surface area contributed by atoms with E-state index in [2.05, 4.69) is 15.7 Å². The summed E-state index contributed by atoms with van der Waals surface area (Å²) in [7, 11) is 3.79. The number of aryl methyl sites for hydroxylation is 2. The van der Waals surface area contributed by atoms with Crippen molar-refractivity contribution in [2.45, 2.75) is 38.8 Å². The summed E-state index contributed by atoms with van der Waals surface area (Å²) >= 11 is 1.40. The van der Waals surface area contributed by atoms with Gasteiger partial charge in [-0.15, -0.1) is 11.3 Å². The second-order valence-corrected chi connectivity index (χ2v) is 7.68. The summed E-state index contributed by atoms with van der Waals surface area (Å²) in [6.07, 6.45) is 2.07. The normalized spacial score (nSPS) is 19.2. The third-order valence-corrected chi connectivity index (χ3v) is 5.98. The molecule has 8 heteroatoms. The molecule has 2 aromatic heterocycles. The van der Waals surface area contributed by atoms with Crippen LogP contribution in [0.25, 0.3) is 10.2 Å². The minimum absolute atomic E-state index is 0.0211. The summed E-state index contributed by atoms with van der Waals surface area (Å²) in [6, 6.07) is 1.65. The molecule has 25 heavy (non-hydrogen) atoms. The number of carbonyl (C=O) groups excluding carboxylic acids is 2. The Bertz CT molecular complexity index is 762. The van der Waals surface area contributed by atoms with Crippen LogP contribution in [0, 0.1) is 6.92 Å². The number of thiophene rings is 1. The summed E-state index contributed by atoms with van der Waals surface area (Å²) in [5.41, 5.74) is 0.906. The van der Waals surface area contributed by atoms with Crippen molar-refractivity contribution in [3.8, 4) is 0 Å². The first-order chi connectivity index (χ1) is 11.9. The monoisotopic (exact) mass is 363 g/mol. The Kier molecular flexibility index (Phi) is 5.10. The fourth-order valence-corrected chi connectivity index (χ4v) is 4.36. The van der Waals surface area contributed by atoms with Gasteiger partial charge >= 0.3 is 0 Å². The van der Waals surface area contributed by atoms with E-state index < -0.39 is 6.04 Å². The summed E-state index contributed by atoms with van der Waals surface area (Å²) in [6.45, 7) is 5.13. The van der Waals surface area contributed by atoms with Gasteiger partial charge in [-0.05, 0) is 39.8 Å². The average molecular weight is 363 g/mol. The lowest BCUT2D eigenvalue weighted by Crippen LogP contribution is -2.53. The molecule has 2 unspecified atom stereocenters. The second-order valence-electron chi connectivity index (χ2n) is 6.65. The highest BCUT2D eigenvalue weighted by molar-refractivity contribution is 7.20. The molecule has 0 bridgehead atoms. The third kappa shape index (κ3) is 3.55. The zero-order valence-corrected chi connectivity index (χ0v) is 15.9. The molecule has 0 spiro atoms. The number of hydrogen-bond donors (Lipinski definition) is 2. The van der Waals surface area contributed by atoms with E-state index >= 15 is 0 Å². The van der Waals surface area contributed by atoms with Gasteiger partial charge in [0.2, 0.25) is 5.91 Å². The molecule has 1 aliphatic heterocycles. The number of likely N-dealkylation sites (N-methyl/N-ethyl adjacent to an activating group) is 1. The first kappa shape index (κ1) is 17.9. The number of fused-ring (bicyclic) bond motifs is 1. The number of rotatable bonds is 4. The quantitative estimate of drug-likeness (QED) is 0.857. The molecule has 0 aliphatic carbocycles. The van der Waals surface area contributed by atoms with Crippen LogP contribution in [0.1, 0.15) is 35.1 Å². The highest BCUT2D eigenvalue weighted by Gasteiger charge is 2.27. The van der Waals surface area contributed by atoms with Crippen LogP contribution in [0.3, 0.4) is 0 Å². The maximum Gasteiger partial charge on any atom is 0.262 e. The summed E-state index contributed by atoms with van der Waals surface area (Å²) in [4.78, 5) is 28.6. The highest BCUT2D eigenvalue weighted by Crippen LogP contribution is 2.27. The molecule has 2 aromatic rings. The predicted molar refractivity (Wildman–Crippen MR) is 98.9 cm³/mol. The lowest BCUT2D eigenvalue weighted by atomic mass is 10.1. The Labute approximate surface area is 151 Å². The van der Waals surface area contributed by atoms with Gasteiger partial charge < -0.3 is 15.5 Å². The number of aromatic nitrogens is 2. The fourth-order valence-electron chi connectivity index (χ4n) is 3.33. The minimum atomic E-state index is -0.535. The smallest absolute Gasteiger partial charge is 0.262 e. The van der Waals surface area contributed by atoms with Crippen molar-refractivity contribution in [3.05, 3.63) is 16.6 Å². The minimum Gasteiger partial charge on any atom is -0.340 e. The molecular formula is C17H25N5O2S. The van der Waals surface area contributed by atoms with E-state index in [1.165, 1.54) is 11.3 Å². The number of piperidine rings is 1. The van der Waals surface area contributed by atoms with Crippen LogP contribution in [0.15, 0.2) is 6.07 Å². The lowest BCUT2D eigenvalue weighted by molar-refractivity contribution is -0.134. The zero-order chi connectivity index (χ0) is 18.1. The average Bonchev–Trinajstić information content (AvgIpc) is 3.16. The van der Waals surface area contributed by atoms with E-state index in [-0.39, 0.29) is 11.8 Å². The highest BCUT2D eigenvalue weighted by atomic mass is 32.1. The molecule has 0 radical (unpaired) electrons. The first-order valence-electron chi connectivity index (χ1n) is 8.60. The topological polar surface area (TPSA) is 79.3 Å². The van der Waals surface area contributed by atoms with Crippen molar-refractivity contribution in [1.29, 1.82) is 0 Å². The van der Waals surface area contributed by atoms with Crippen LogP contribution in [-0.2, 0) is 11.8 Å². The van der Waals surface area contributed by atoms with Crippen LogP contribution < -0.4 is 10.6 Å². The summed E-state index contributed by atoms with van der Waals surface area (Å²) in [5.74, 6) is -0.226. The van der Waals surface area contributed by atoms with E-state index in [1.54, 1.807) is 11.6 Å². The third-order valence-electron chi connectivity index (χ3n) is 4.78. The molecule has 3 heterocycles. The number of nitrogens with zero attached hydrogens (tertiary/aromatic N) is 3. The number of hydrogen-bond acceptors (Lipinski definition) is 5. The zero-order valence-electron chi connectivity index (χ0n) is 15.1. The predicted octanol–water partition coefficient (Wildman–Crippen LogP) is 1.27. The Morgan fingerprint density at radius 1 is 1.44 bits per heavy atom. The molecule has 1 saturated heterocycles. The van der Waals surface area contributed by atoms with Gasteiger partial charge in [0.15, 0.2) is 0 Å². The number of nitrogens with one attached hydrogen (secondary N) is 2. The molecule has 1 aliphatic rings. The largest absolute Gasteiger partial charge is 0.340 e. The molecule has 2 atom stereocenters. The summed E-state index contributed by atoms with van der Waals surface area (Å²) in [5, 5.41) is 11.4. The molecule has 0 saturated carbocycles. The van der Waals surface area contributed by atoms with Crippen molar-refractivity contribution < 1.29 is 9.59 Å². The fraction of sp³-hybridized carbons (Fsp3) is 0.588. The van der Waals surface area contributed by atoms with E-state index in [1.807, 2.05) is 32.0 Å². The van der Waals surface area contributed by atoms with Gasteiger partial charge in [-0.2, -0.15) is 5.10 Å². The molecule has 1 fully saturated rings. The van der Waals surface area contributed by atoms with Crippen LogP contribution >= 0.6 is 11.3 Å². The second kappa shape index (κ2) is 7.13. The van der Waals surface area contributed by atoms with E-state index in [9.17, 15) is 9.59 Å². The van der Waals surface area contributed by atoms with E-state index in [0.29, 0.717) is 17.5 Å².